The lowest BCUT2D eigenvalue weighted by atomic mass is 9.91. The van der Waals surface area contributed by atoms with Crippen molar-refractivity contribution in [3.63, 3.8) is 0 Å². The molecule has 24 heteroatoms. The van der Waals surface area contributed by atoms with Crippen LogP contribution in [0.3, 0.4) is 0 Å². The molecule has 65 heavy (non-hydrogen) atoms. The largest absolute Gasteiger partial charge is 0.479 e. The van der Waals surface area contributed by atoms with E-state index in [2.05, 4.69) is 16.0 Å². The van der Waals surface area contributed by atoms with E-state index in [4.69, 9.17) is 18.8 Å². The number of hydrogen-bond donors (Lipinski definition) is 9. The number of carbonyl (C=O) groups is 7. The summed E-state index contributed by atoms with van der Waals surface area (Å²) in [5, 5.41) is 58.6. The zero-order chi connectivity index (χ0) is 48.7. The number of carboxylic acid groups (broad SMARTS) is 1. The zero-order valence-corrected chi connectivity index (χ0v) is 37.6. The highest BCUT2D eigenvalue weighted by Gasteiger charge is 2.48. The van der Waals surface area contributed by atoms with Crippen molar-refractivity contribution in [1.82, 2.24) is 20.4 Å². The molecule has 2 fully saturated rings. The molecular weight excluding hydrogens is 883 g/mol. The minimum Gasteiger partial charge on any atom is -0.479 e. The van der Waals surface area contributed by atoms with Crippen molar-refractivity contribution in [1.29, 1.82) is 0 Å². The molecule has 0 bridgehead atoms. The summed E-state index contributed by atoms with van der Waals surface area (Å²) in [4.78, 5) is 92.8. The van der Waals surface area contributed by atoms with Gasteiger partial charge in [-0.3, -0.25) is 38.2 Å². The van der Waals surface area contributed by atoms with E-state index in [1.165, 1.54) is 25.1 Å². The topological polar surface area (TPSA) is 345 Å². The molecule has 0 aliphatic carbocycles. The lowest BCUT2D eigenvalue weighted by Crippen LogP contribution is -2.59. The van der Waals surface area contributed by atoms with Gasteiger partial charge in [0.2, 0.25) is 29.5 Å². The van der Waals surface area contributed by atoms with Gasteiger partial charge in [-0.05, 0) is 82.2 Å². The number of carboxylic acids is 1. The van der Waals surface area contributed by atoms with Crippen LogP contribution in [0.25, 0.3) is 0 Å². The highest BCUT2D eigenvalue weighted by atomic mass is 32.2. The number of benzene rings is 1. The van der Waals surface area contributed by atoms with Crippen LogP contribution in [0.1, 0.15) is 65.5 Å². The fourth-order valence-electron chi connectivity index (χ4n) is 7.31. The number of nitrogens with one attached hydrogen (secondary N) is 3. The second-order valence-electron chi connectivity index (χ2n) is 17.5. The first-order valence-corrected chi connectivity index (χ1v) is 22.4. The Kier molecular flexibility index (Phi) is 17.7. The number of amides is 5. The van der Waals surface area contributed by atoms with E-state index in [0.717, 1.165) is 15.9 Å². The Balaban J connectivity index is 1.44. The monoisotopic (exact) mass is 941 g/mol. The van der Waals surface area contributed by atoms with Crippen LogP contribution >= 0.6 is 0 Å². The Morgan fingerprint density at radius 3 is 2.22 bits per heavy atom. The Labute approximate surface area is 375 Å². The van der Waals surface area contributed by atoms with Gasteiger partial charge in [-0.15, -0.1) is 0 Å². The first-order valence-electron chi connectivity index (χ1n) is 20.8. The summed E-state index contributed by atoms with van der Waals surface area (Å²) in [5.74, 6) is -6.99. The Hall–Kier alpha value is -5.08. The van der Waals surface area contributed by atoms with Gasteiger partial charge >= 0.3 is 11.9 Å². The van der Waals surface area contributed by atoms with Crippen molar-refractivity contribution < 1.29 is 86.3 Å². The molecule has 1 aromatic rings. The third-order valence-corrected chi connectivity index (χ3v) is 11.7. The van der Waals surface area contributed by atoms with Gasteiger partial charge in [0.05, 0.1) is 43.1 Å². The van der Waals surface area contributed by atoms with E-state index >= 15 is 0 Å². The molecule has 10 atom stereocenters. The number of nitrogens with zero attached hydrogens (tertiary/aromatic N) is 2. The molecule has 3 aliphatic rings. The first-order chi connectivity index (χ1) is 30.2. The number of carbonyl (C=O) groups excluding carboxylic acids is 6. The fraction of sp³-hybridized carbons (Fsp3) is 0.634. The van der Waals surface area contributed by atoms with Gasteiger partial charge in [-0.2, -0.15) is 8.42 Å². The van der Waals surface area contributed by atoms with Gasteiger partial charge in [0.1, 0.15) is 49.3 Å². The maximum absolute atomic E-state index is 13.6. The van der Waals surface area contributed by atoms with Gasteiger partial charge in [0, 0.05) is 11.8 Å². The summed E-state index contributed by atoms with van der Waals surface area (Å²) in [6, 6.07) is 0.0820. The number of ether oxygens (including phenoxy) is 3. The smallest absolute Gasteiger partial charge is 0.335 e. The molecular formula is C41H59N5O18S. The number of hydrogen-bond acceptors (Lipinski definition) is 16. The van der Waals surface area contributed by atoms with Crippen LogP contribution in [-0.4, -0.2) is 176 Å². The van der Waals surface area contributed by atoms with E-state index in [-0.39, 0.29) is 38.2 Å². The summed E-state index contributed by atoms with van der Waals surface area (Å²) in [7, 11) is -4.36. The van der Waals surface area contributed by atoms with Crippen LogP contribution in [0.2, 0.25) is 0 Å². The number of esters is 1. The number of anilines is 1. The Morgan fingerprint density at radius 2 is 1.63 bits per heavy atom. The maximum Gasteiger partial charge on any atom is 0.335 e. The Morgan fingerprint density at radius 1 is 0.954 bits per heavy atom. The third-order valence-electron chi connectivity index (χ3n) is 11.0. The Bertz CT molecular complexity index is 2090. The molecule has 1 unspecified atom stereocenters. The predicted octanol–water partition coefficient (Wildman–Crippen LogP) is -2.18. The van der Waals surface area contributed by atoms with Crippen LogP contribution in [0, 0.1) is 11.3 Å². The average Bonchev–Trinajstić information content (AvgIpc) is 3.70. The average molecular weight is 942 g/mol. The molecule has 1 aromatic carbocycles. The number of aryl methyl sites for hydroxylation is 1. The minimum absolute atomic E-state index is 0.0477. The molecule has 362 valence electrons. The minimum atomic E-state index is -4.36. The van der Waals surface area contributed by atoms with Crippen LogP contribution in [0.4, 0.5) is 5.69 Å². The van der Waals surface area contributed by atoms with Crippen LogP contribution < -0.4 is 16.0 Å². The van der Waals surface area contributed by atoms with Gasteiger partial charge in [-0.1, -0.05) is 19.9 Å². The molecule has 0 spiro atoms. The molecule has 9 N–H and O–H groups in total. The second-order valence-corrected chi connectivity index (χ2v) is 19.1. The van der Waals surface area contributed by atoms with Gasteiger partial charge in [-0.25, -0.2) is 4.79 Å². The highest BCUT2D eigenvalue weighted by Crippen LogP contribution is 2.29. The molecule has 0 aromatic heterocycles. The molecule has 3 aliphatic heterocycles. The molecule has 0 radical (unpaired) electrons. The van der Waals surface area contributed by atoms with Gasteiger partial charge < -0.3 is 60.6 Å². The lowest BCUT2D eigenvalue weighted by Gasteiger charge is -2.39. The number of aliphatic hydroxyl groups is 4. The van der Waals surface area contributed by atoms with Crippen LogP contribution in [0.5, 0.6) is 0 Å². The van der Waals surface area contributed by atoms with Crippen molar-refractivity contribution in [2.24, 2.45) is 11.3 Å². The molecule has 3 heterocycles. The SMILES string of the molecule is CC(C)[C@H](NC(=O)CN1C(=O)[C@H](N2C(=O)C=CC2O)C[C@H]1COCCS(=O)(=O)O)C(=O)N[C@@H](C)C(=O)Nc1ccc(COC(=O)C(C)(C)C)c(CC[C@@H]2O[C@H](C(=O)O)[C@@H](O)[C@H](O)[C@H]2O)c1. The molecule has 2 saturated heterocycles. The second kappa shape index (κ2) is 21.9. The zero-order valence-electron chi connectivity index (χ0n) is 36.8. The number of aliphatic hydroxyl groups excluding tert-OH is 4. The van der Waals surface area contributed by atoms with Crippen LogP contribution in [-0.2, 0) is 70.9 Å². The molecule has 4 rings (SSSR count). The summed E-state index contributed by atoms with van der Waals surface area (Å²) in [6.07, 6.45) is -7.66. The van der Waals surface area contributed by atoms with Crippen molar-refractivity contribution in [3.05, 3.63) is 41.5 Å². The highest BCUT2D eigenvalue weighted by molar-refractivity contribution is 7.85. The van der Waals surface area contributed by atoms with Crippen molar-refractivity contribution in [2.75, 3.05) is 30.8 Å². The summed E-state index contributed by atoms with van der Waals surface area (Å²) >= 11 is 0. The van der Waals surface area contributed by atoms with E-state index in [0.29, 0.717) is 11.1 Å². The third kappa shape index (κ3) is 14.0. The summed E-state index contributed by atoms with van der Waals surface area (Å²) in [5.41, 5.74) is 0.348. The van der Waals surface area contributed by atoms with E-state index in [1.807, 2.05) is 0 Å². The predicted molar refractivity (Wildman–Crippen MR) is 224 cm³/mol. The number of likely N-dealkylation sites (tertiary alicyclic amines) is 1. The van der Waals surface area contributed by atoms with Crippen molar-refractivity contribution in [2.45, 2.75) is 128 Å². The normalized spacial score (nSPS) is 25.7. The molecule has 5 amide bonds. The standard InChI is InChI=1S/C41H59N5O18S/c1-20(2)31(44-28(47)17-45-25(19-62-13-14-65(59,60)61)16-26(38(45)55)46-29(48)11-12-30(46)49)37(54)42-21(3)36(53)43-24-9-7-23(18-63-40(58)41(4,5)6)22(15-24)8-10-27-32(50)33(51)34(52)35(64-27)39(56)57/h7,9,11-12,15,20-21,25-27,29,31-35,48,50-52H,8,10,13-14,16-19H2,1-6H3,(H,42,54)(H,43,53)(H,44,47)(H,56,57)(H,59,60,61)/t21-,25-,26+,27-,29?,31-,32-,33+,34-,35-/m0/s1. The lowest BCUT2D eigenvalue weighted by molar-refractivity contribution is -0.228. The first kappa shape index (κ1) is 52.5. The van der Waals surface area contributed by atoms with Gasteiger partial charge in [0.15, 0.2) is 6.10 Å². The number of rotatable bonds is 20. The summed E-state index contributed by atoms with van der Waals surface area (Å²) in [6.45, 7) is 8.04. The quantitative estimate of drug-likeness (QED) is 0.0381. The van der Waals surface area contributed by atoms with E-state index in [1.54, 1.807) is 40.7 Å². The van der Waals surface area contributed by atoms with Crippen molar-refractivity contribution >= 4 is 57.3 Å². The maximum atomic E-state index is 13.6. The van der Waals surface area contributed by atoms with Crippen LogP contribution in [0.15, 0.2) is 30.4 Å². The van der Waals surface area contributed by atoms with E-state index < -0.39 is 143 Å². The summed E-state index contributed by atoms with van der Waals surface area (Å²) < 4.78 is 47.7. The van der Waals surface area contributed by atoms with Crippen molar-refractivity contribution in [3.8, 4) is 0 Å². The number of aliphatic carboxylic acids is 1. The van der Waals surface area contributed by atoms with E-state index in [9.17, 15) is 67.5 Å². The molecule has 0 saturated carbocycles. The van der Waals surface area contributed by atoms with Gasteiger partial charge in [0.25, 0.3) is 10.1 Å². The fourth-order valence-corrected chi connectivity index (χ4v) is 7.64. The molecule has 23 nitrogen and oxygen atoms in total.